The molecule has 1 N–H and O–H groups in total. The first-order chi connectivity index (χ1) is 8.09. The highest BCUT2D eigenvalue weighted by Crippen LogP contribution is 2.29. The molecule has 1 fully saturated rings. The highest BCUT2D eigenvalue weighted by molar-refractivity contribution is 5.24. The van der Waals surface area contributed by atoms with Crippen LogP contribution in [0, 0.1) is 0 Å². The molecule has 2 rings (SSSR count). The lowest BCUT2D eigenvalue weighted by Gasteiger charge is -2.25. The molecule has 1 aromatic rings. The highest BCUT2D eigenvalue weighted by Gasteiger charge is 2.27. The van der Waals surface area contributed by atoms with Gasteiger partial charge >= 0.3 is 0 Å². The van der Waals surface area contributed by atoms with Crippen LogP contribution in [-0.2, 0) is 6.54 Å². The van der Waals surface area contributed by atoms with Gasteiger partial charge in [-0.1, -0.05) is 51.0 Å². The smallest absolute Gasteiger partial charge is 0.0210 e. The Hall–Kier alpha value is -0.820. The van der Waals surface area contributed by atoms with E-state index in [-0.39, 0.29) is 0 Å². The summed E-state index contributed by atoms with van der Waals surface area (Å²) in [6, 6.07) is 9.05. The van der Waals surface area contributed by atoms with Gasteiger partial charge in [-0.15, -0.1) is 0 Å². The second-order valence-corrected chi connectivity index (χ2v) is 6.02. The number of hydrogen-bond donors (Lipinski definition) is 1. The van der Waals surface area contributed by atoms with E-state index in [1.165, 1.54) is 36.8 Å². The molecule has 1 aliphatic carbocycles. The monoisotopic (exact) mass is 231 g/mol. The van der Waals surface area contributed by atoms with E-state index in [2.05, 4.69) is 50.4 Å². The van der Waals surface area contributed by atoms with Crippen LogP contribution in [0.3, 0.4) is 0 Å². The van der Waals surface area contributed by atoms with Crippen molar-refractivity contribution in [2.75, 3.05) is 0 Å². The first kappa shape index (κ1) is 12.6. The third-order valence-electron chi connectivity index (χ3n) is 4.07. The van der Waals surface area contributed by atoms with Crippen molar-refractivity contribution < 1.29 is 0 Å². The minimum atomic E-state index is 0.386. The zero-order valence-electron chi connectivity index (χ0n) is 11.4. The van der Waals surface area contributed by atoms with Gasteiger partial charge in [0.2, 0.25) is 0 Å². The van der Waals surface area contributed by atoms with Gasteiger partial charge in [0, 0.05) is 12.1 Å². The topological polar surface area (TPSA) is 12.0 Å². The molecule has 0 aliphatic heterocycles. The lowest BCUT2D eigenvalue weighted by molar-refractivity contribution is 0.363. The Morgan fingerprint density at radius 2 is 1.71 bits per heavy atom. The van der Waals surface area contributed by atoms with Crippen molar-refractivity contribution in [2.24, 2.45) is 0 Å². The summed E-state index contributed by atoms with van der Waals surface area (Å²) < 4.78 is 0. The Kier molecular flexibility index (Phi) is 3.88. The number of nitrogens with one attached hydrogen (secondary N) is 1. The molecule has 0 saturated heterocycles. The summed E-state index contributed by atoms with van der Waals surface area (Å²) in [5.74, 6) is 0.629. The summed E-state index contributed by atoms with van der Waals surface area (Å²) in [7, 11) is 0. The predicted molar refractivity (Wildman–Crippen MR) is 74.2 cm³/mol. The zero-order valence-corrected chi connectivity index (χ0v) is 11.4. The van der Waals surface area contributed by atoms with Crippen LogP contribution in [0.1, 0.15) is 63.5 Å². The van der Waals surface area contributed by atoms with Gasteiger partial charge in [-0.3, -0.25) is 0 Å². The van der Waals surface area contributed by atoms with Gasteiger partial charge in [0.05, 0.1) is 0 Å². The largest absolute Gasteiger partial charge is 0.307 e. The molecule has 0 bridgehead atoms. The molecule has 0 unspecified atom stereocenters. The normalized spacial score (nSPS) is 18.8. The summed E-state index contributed by atoms with van der Waals surface area (Å²) in [5.41, 5.74) is 3.22. The summed E-state index contributed by atoms with van der Waals surface area (Å²) in [6.45, 7) is 7.86. The Labute approximate surface area is 106 Å². The van der Waals surface area contributed by atoms with Gasteiger partial charge in [0.1, 0.15) is 0 Å². The molecular weight excluding hydrogens is 206 g/mol. The van der Waals surface area contributed by atoms with Gasteiger partial charge < -0.3 is 5.32 Å². The van der Waals surface area contributed by atoms with Gasteiger partial charge in [0.15, 0.2) is 0 Å². The van der Waals surface area contributed by atoms with Gasteiger partial charge in [-0.25, -0.2) is 0 Å². The molecule has 0 spiro atoms. The van der Waals surface area contributed by atoms with E-state index in [9.17, 15) is 0 Å². The first-order valence-corrected chi connectivity index (χ1v) is 6.93. The maximum Gasteiger partial charge on any atom is 0.0210 e. The van der Waals surface area contributed by atoms with Crippen LogP contribution < -0.4 is 5.32 Å². The third kappa shape index (κ3) is 3.32. The van der Waals surface area contributed by atoms with Crippen LogP contribution in [0.5, 0.6) is 0 Å². The Morgan fingerprint density at radius 1 is 1.12 bits per heavy atom. The SMILES string of the molecule is CC(C)c1ccc(CNC2(C)CCCC2)cc1. The maximum absolute atomic E-state index is 3.72. The molecule has 0 amide bonds. The molecule has 0 radical (unpaired) electrons. The fourth-order valence-electron chi connectivity index (χ4n) is 2.67. The third-order valence-corrected chi connectivity index (χ3v) is 4.07. The number of rotatable bonds is 4. The fraction of sp³-hybridized carbons (Fsp3) is 0.625. The Morgan fingerprint density at radius 3 is 2.24 bits per heavy atom. The lowest BCUT2D eigenvalue weighted by Crippen LogP contribution is -2.38. The molecule has 1 aliphatic rings. The van der Waals surface area contributed by atoms with E-state index in [4.69, 9.17) is 0 Å². The lowest BCUT2D eigenvalue weighted by atomic mass is 9.99. The Bertz CT molecular complexity index is 344. The van der Waals surface area contributed by atoms with Crippen LogP contribution in [0.25, 0.3) is 0 Å². The average Bonchev–Trinajstić information content (AvgIpc) is 2.75. The molecule has 1 heteroatoms. The maximum atomic E-state index is 3.72. The molecule has 17 heavy (non-hydrogen) atoms. The molecule has 1 saturated carbocycles. The van der Waals surface area contributed by atoms with Gasteiger partial charge in [-0.2, -0.15) is 0 Å². The van der Waals surface area contributed by atoms with Crippen molar-refractivity contribution >= 4 is 0 Å². The van der Waals surface area contributed by atoms with Crippen molar-refractivity contribution in [2.45, 2.75) is 64.5 Å². The number of hydrogen-bond acceptors (Lipinski definition) is 1. The highest BCUT2D eigenvalue weighted by atomic mass is 15.0. The van der Waals surface area contributed by atoms with Gasteiger partial charge in [0.25, 0.3) is 0 Å². The van der Waals surface area contributed by atoms with Crippen LogP contribution in [0.4, 0.5) is 0 Å². The van der Waals surface area contributed by atoms with Crippen LogP contribution in [0.15, 0.2) is 24.3 Å². The van der Waals surface area contributed by atoms with Gasteiger partial charge in [-0.05, 0) is 36.8 Å². The summed E-state index contributed by atoms with van der Waals surface area (Å²) in [4.78, 5) is 0. The second-order valence-electron chi connectivity index (χ2n) is 6.02. The van der Waals surface area contributed by atoms with Crippen molar-refractivity contribution in [3.8, 4) is 0 Å². The van der Waals surface area contributed by atoms with Crippen molar-refractivity contribution in [3.63, 3.8) is 0 Å². The quantitative estimate of drug-likeness (QED) is 0.817. The van der Waals surface area contributed by atoms with E-state index in [1.807, 2.05) is 0 Å². The summed E-state index contributed by atoms with van der Waals surface area (Å²) in [6.07, 6.45) is 5.43. The first-order valence-electron chi connectivity index (χ1n) is 6.93. The summed E-state index contributed by atoms with van der Waals surface area (Å²) >= 11 is 0. The standard InChI is InChI=1S/C16H25N/c1-13(2)15-8-6-14(7-9-15)12-17-16(3)10-4-5-11-16/h6-9,13,17H,4-5,10-12H2,1-3H3. The molecule has 94 valence electrons. The number of benzene rings is 1. The van der Waals surface area contributed by atoms with Crippen molar-refractivity contribution in [3.05, 3.63) is 35.4 Å². The fourth-order valence-corrected chi connectivity index (χ4v) is 2.67. The Balaban J connectivity index is 1.90. The minimum absolute atomic E-state index is 0.386. The molecular formula is C16H25N. The molecule has 0 aromatic heterocycles. The molecule has 0 atom stereocenters. The molecule has 0 heterocycles. The van der Waals surface area contributed by atoms with Crippen molar-refractivity contribution in [1.29, 1.82) is 0 Å². The van der Waals surface area contributed by atoms with E-state index in [0.717, 1.165) is 6.54 Å². The zero-order chi connectivity index (χ0) is 12.3. The predicted octanol–water partition coefficient (Wildman–Crippen LogP) is 4.23. The van der Waals surface area contributed by atoms with Crippen LogP contribution in [0.2, 0.25) is 0 Å². The average molecular weight is 231 g/mol. The molecule has 1 aromatic carbocycles. The molecule has 1 nitrogen and oxygen atoms in total. The van der Waals surface area contributed by atoms with Crippen LogP contribution in [-0.4, -0.2) is 5.54 Å². The minimum Gasteiger partial charge on any atom is -0.307 e. The summed E-state index contributed by atoms with van der Waals surface area (Å²) in [5, 5.41) is 3.72. The van der Waals surface area contributed by atoms with E-state index in [0.29, 0.717) is 11.5 Å². The van der Waals surface area contributed by atoms with Crippen molar-refractivity contribution in [1.82, 2.24) is 5.32 Å². The second kappa shape index (κ2) is 5.22. The van der Waals surface area contributed by atoms with E-state index < -0.39 is 0 Å². The van der Waals surface area contributed by atoms with E-state index >= 15 is 0 Å². The van der Waals surface area contributed by atoms with E-state index in [1.54, 1.807) is 0 Å². The van der Waals surface area contributed by atoms with Crippen LogP contribution >= 0.6 is 0 Å².